The van der Waals surface area contributed by atoms with Crippen molar-refractivity contribution in [2.75, 3.05) is 26.0 Å². The van der Waals surface area contributed by atoms with Crippen LogP contribution in [0.5, 0.6) is 0 Å². The minimum atomic E-state index is -3.73. The Balaban J connectivity index is 2.15. The lowest BCUT2D eigenvalue weighted by Gasteiger charge is -2.12. The fraction of sp³-hybridized carbons (Fsp3) is 0.318. The van der Waals surface area contributed by atoms with Crippen LogP contribution in [0.2, 0.25) is 0 Å². The lowest BCUT2D eigenvalue weighted by molar-refractivity contribution is -0.137. The fourth-order valence-corrected chi connectivity index (χ4v) is 4.50. The Kier molecular flexibility index (Phi) is 6.75. The smallest absolute Gasteiger partial charge is 0.355 e. The van der Waals surface area contributed by atoms with E-state index in [1.54, 1.807) is 13.8 Å². The normalized spacial score (nSPS) is 14.5. The molecule has 11 heteroatoms. The number of carbonyl (C=O) groups excluding carboxylic acids is 2. The van der Waals surface area contributed by atoms with E-state index >= 15 is 0 Å². The number of carboxylic acids is 1. The van der Waals surface area contributed by atoms with E-state index in [2.05, 4.69) is 10.3 Å². The number of aromatic nitrogens is 1. The summed E-state index contributed by atoms with van der Waals surface area (Å²) in [5, 5.41) is 11.8. The van der Waals surface area contributed by atoms with Gasteiger partial charge in [-0.3, -0.25) is 9.59 Å². The molecule has 0 unspecified atom stereocenters. The highest BCUT2D eigenvalue weighted by molar-refractivity contribution is 7.89. The Bertz CT molecular complexity index is 1270. The first kappa shape index (κ1) is 24.2. The van der Waals surface area contributed by atoms with Crippen molar-refractivity contribution >= 4 is 45.2 Å². The van der Waals surface area contributed by atoms with Crippen LogP contribution in [0.15, 0.2) is 23.1 Å². The van der Waals surface area contributed by atoms with Crippen molar-refractivity contribution in [3.63, 3.8) is 0 Å². The van der Waals surface area contributed by atoms with E-state index in [4.69, 9.17) is 9.84 Å². The van der Waals surface area contributed by atoms with Gasteiger partial charge in [0.2, 0.25) is 10.0 Å². The first-order valence-electron chi connectivity index (χ1n) is 10.2. The number of esters is 1. The summed E-state index contributed by atoms with van der Waals surface area (Å²) in [6.45, 7) is 3.51. The van der Waals surface area contributed by atoms with E-state index in [-0.39, 0.29) is 35.6 Å². The average Bonchev–Trinajstić information content (AvgIpc) is 3.22. The lowest BCUT2D eigenvalue weighted by Crippen LogP contribution is -2.22. The molecule has 176 valence electrons. The second-order valence-electron chi connectivity index (χ2n) is 7.64. The number of carbonyl (C=O) groups is 3. The Morgan fingerprint density at radius 2 is 1.94 bits per heavy atom. The maximum atomic E-state index is 12.7. The molecular weight excluding hydrogens is 450 g/mol. The van der Waals surface area contributed by atoms with Gasteiger partial charge in [-0.1, -0.05) is 0 Å². The van der Waals surface area contributed by atoms with Gasteiger partial charge in [-0.15, -0.1) is 0 Å². The summed E-state index contributed by atoms with van der Waals surface area (Å²) in [6.07, 6.45) is 1.45. The molecule has 1 amide bonds. The number of aliphatic carboxylic acids is 1. The summed E-state index contributed by atoms with van der Waals surface area (Å²) in [5.74, 6) is -2.04. The van der Waals surface area contributed by atoms with Gasteiger partial charge in [-0.05, 0) is 55.7 Å². The number of benzene rings is 1. The van der Waals surface area contributed by atoms with Gasteiger partial charge >= 0.3 is 11.9 Å². The van der Waals surface area contributed by atoms with Crippen molar-refractivity contribution in [3.05, 3.63) is 46.3 Å². The monoisotopic (exact) mass is 475 g/mol. The lowest BCUT2D eigenvalue weighted by atomic mass is 10.0. The number of hydrogen-bond acceptors (Lipinski definition) is 6. The van der Waals surface area contributed by atoms with Crippen LogP contribution in [0, 0.1) is 6.92 Å². The second kappa shape index (κ2) is 9.20. The molecule has 0 saturated heterocycles. The van der Waals surface area contributed by atoms with Crippen molar-refractivity contribution < 1.29 is 32.6 Å². The maximum Gasteiger partial charge on any atom is 0.355 e. The Morgan fingerprint density at radius 1 is 1.24 bits per heavy atom. The van der Waals surface area contributed by atoms with Gasteiger partial charge < -0.3 is 20.1 Å². The molecule has 0 atom stereocenters. The minimum Gasteiger partial charge on any atom is -0.481 e. The highest BCUT2D eigenvalue weighted by atomic mass is 32.2. The third-order valence-corrected chi connectivity index (χ3v) is 7.13. The van der Waals surface area contributed by atoms with Crippen LogP contribution < -0.4 is 5.32 Å². The standard InChI is InChI=1S/C22H25N3O7S/c1-5-32-22(29)20-12(2)14(7-9-19(26)27)18(23-20)11-16-15-10-13(33(30,31)25(3)4)6-8-17(15)24-21(16)28/h6,8,10-11,23H,5,7,9H2,1-4H3,(H,24,28)(H,26,27). The van der Waals surface area contributed by atoms with Gasteiger partial charge in [-0.25, -0.2) is 17.5 Å². The van der Waals surface area contributed by atoms with E-state index in [0.717, 1.165) is 4.31 Å². The van der Waals surface area contributed by atoms with E-state index in [1.807, 2.05) is 0 Å². The van der Waals surface area contributed by atoms with Crippen LogP contribution in [0.4, 0.5) is 5.69 Å². The number of rotatable bonds is 8. The summed E-state index contributed by atoms with van der Waals surface area (Å²) in [6, 6.07) is 4.33. The Labute approximate surface area is 191 Å². The molecule has 33 heavy (non-hydrogen) atoms. The highest BCUT2D eigenvalue weighted by Crippen LogP contribution is 2.36. The van der Waals surface area contributed by atoms with Gasteiger partial charge in [0.15, 0.2) is 0 Å². The molecule has 1 aliphatic heterocycles. The van der Waals surface area contributed by atoms with Crippen LogP contribution in [0.1, 0.15) is 46.2 Å². The zero-order valence-electron chi connectivity index (χ0n) is 18.7. The molecule has 0 spiro atoms. The summed E-state index contributed by atoms with van der Waals surface area (Å²) in [5.41, 5.74) is 2.67. The summed E-state index contributed by atoms with van der Waals surface area (Å²) in [7, 11) is -0.900. The quantitative estimate of drug-likeness (QED) is 0.392. The predicted molar refractivity (Wildman–Crippen MR) is 121 cm³/mol. The fourth-order valence-electron chi connectivity index (χ4n) is 3.57. The topological polar surface area (TPSA) is 146 Å². The average molecular weight is 476 g/mol. The number of carboxylic acid groups (broad SMARTS) is 1. The summed E-state index contributed by atoms with van der Waals surface area (Å²) >= 11 is 0. The summed E-state index contributed by atoms with van der Waals surface area (Å²) in [4.78, 5) is 39.2. The molecule has 1 aliphatic rings. The van der Waals surface area contributed by atoms with Crippen molar-refractivity contribution in [1.82, 2.24) is 9.29 Å². The number of amides is 1. The molecule has 1 aromatic heterocycles. The summed E-state index contributed by atoms with van der Waals surface area (Å²) < 4.78 is 31.3. The Morgan fingerprint density at radius 3 is 2.55 bits per heavy atom. The number of hydrogen-bond donors (Lipinski definition) is 3. The number of fused-ring (bicyclic) bond motifs is 1. The first-order chi connectivity index (χ1) is 15.5. The molecular formula is C22H25N3O7S. The molecule has 10 nitrogen and oxygen atoms in total. The number of aromatic amines is 1. The van der Waals surface area contributed by atoms with E-state index in [1.165, 1.54) is 38.4 Å². The second-order valence-corrected chi connectivity index (χ2v) is 9.79. The van der Waals surface area contributed by atoms with Gasteiger partial charge in [0, 0.05) is 37.5 Å². The molecule has 3 N–H and O–H groups in total. The van der Waals surface area contributed by atoms with Crippen molar-refractivity contribution in [3.8, 4) is 0 Å². The van der Waals surface area contributed by atoms with Crippen LogP contribution in [-0.2, 0) is 30.8 Å². The zero-order chi connectivity index (χ0) is 24.5. The van der Waals surface area contributed by atoms with Gasteiger partial charge in [0.1, 0.15) is 5.69 Å². The van der Waals surface area contributed by atoms with Crippen molar-refractivity contribution in [2.45, 2.75) is 31.6 Å². The number of sulfonamides is 1. The van der Waals surface area contributed by atoms with Crippen molar-refractivity contribution in [2.24, 2.45) is 0 Å². The third-order valence-electron chi connectivity index (χ3n) is 5.32. The van der Waals surface area contributed by atoms with Gasteiger partial charge in [0.05, 0.1) is 17.1 Å². The van der Waals surface area contributed by atoms with Gasteiger partial charge in [0.25, 0.3) is 5.91 Å². The maximum absolute atomic E-state index is 12.7. The molecule has 0 saturated carbocycles. The molecule has 1 aromatic carbocycles. The molecule has 0 radical (unpaired) electrons. The Hall–Kier alpha value is -3.44. The largest absolute Gasteiger partial charge is 0.481 e. The molecule has 0 fully saturated rings. The van der Waals surface area contributed by atoms with Crippen LogP contribution in [-0.4, -0.2) is 61.4 Å². The van der Waals surface area contributed by atoms with Gasteiger partial charge in [-0.2, -0.15) is 0 Å². The number of nitrogens with one attached hydrogen (secondary N) is 2. The number of ether oxygens (including phenoxy) is 1. The van der Waals surface area contributed by atoms with Crippen LogP contribution in [0.25, 0.3) is 11.6 Å². The van der Waals surface area contributed by atoms with Crippen LogP contribution >= 0.6 is 0 Å². The SMILES string of the molecule is CCOC(=O)c1[nH]c(C=C2C(=O)Nc3ccc(S(=O)(=O)N(C)C)cc32)c(CCC(=O)O)c1C. The van der Waals surface area contributed by atoms with Crippen LogP contribution in [0.3, 0.4) is 0 Å². The molecule has 0 bridgehead atoms. The number of anilines is 1. The minimum absolute atomic E-state index is 0.0228. The van der Waals surface area contributed by atoms with E-state index in [9.17, 15) is 22.8 Å². The first-order valence-corrected chi connectivity index (χ1v) is 11.6. The highest BCUT2D eigenvalue weighted by Gasteiger charge is 2.29. The molecule has 2 heterocycles. The third kappa shape index (κ3) is 4.69. The zero-order valence-corrected chi connectivity index (χ0v) is 19.5. The van der Waals surface area contributed by atoms with Crippen molar-refractivity contribution in [1.29, 1.82) is 0 Å². The molecule has 0 aliphatic carbocycles. The molecule has 3 rings (SSSR count). The molecule has 2 aromatic rings. The predicted octanol–water partition coefficient (Wildman–Crippen LogP) is 2.26. The van der Waals surface area contributed by atoms with E-state index in [0.29, 0.717) is 28.1 Å². The number of H-pyrrole nitrogens is 1. The number of nitrogens with zero attached hydrogens (tertiary/aromatic N) is 1. The van der Waals surface area contributed by atoms with E-state index < -0.39 is 27.9 Å².